The van der Waals surface area contributed by atoms with E-state index in [1.54, 1.807) is 36.4 Å². The van der Waals surface area contributed by atoms with Crippen LogP contribution in [-0.4, -0.2) is 22.4 Å². The molecule has 0 saturated carbocycles. The minimum Gasteiger partial charge on any atom is -0.340 e. The number of anilines is 1. The van der Waals surface area contributed by atoms with Crippen molar-refractivity contribution in [2.45, 2.75) is 13.5 Å². The molecule has 1 aliphatic heterocycles. The maximum Gasteiger partial charge on any atom is 0.335 e. The second-order valence-corrected chi connectivity index (χ2v) is 9.55. The van der Waals surface area contributed by atoms with Crippen molar-refractivity contribution in [3.8, 4) is 0 Å². The van der Waals surface area contributed by atoms with Gasteiger partial charge in [0.05, 0.1) is 5.69 Å². The van der Waals surface area contributed by atoms with E-state index < -0.39 is 17.8 Å². The number of imide groups is 2. The summed E-state index contributed by atoms with van der Waals surface area (Å²) < 4.78 is 2.06. The molecule has 5 rings (SSSR count). The number of amides is 4. The summed E-state index contributed by atoms with van der Waals surface area (Å²) in [6, 6.07) is 18.4. The molecule has 0 unspecified atom stereocenters. The Balaban J connectivity index is 1.61. The van der Waals surface area contributed by atoms with E-state index in [0.717, 1.165) is 27.1 Å². The molecule has 1 saturated heterocycles. The van der Waals surface area contributed by atoms with Gasteiger partial charge in [0.15, 0.2) is 0 Å². The molecule has 0 atom stereocenters. The third-order valence-electron chi connectivity index (χ3n) is 6.10. The van der Waals surface area contributed by atoms with Crippen LogP contribution in [0.15, 0.2) is 72.3 Å². The number of hydrogen-bond acceptors (Lipinski definition) is 3. The summed E-state index contributed by atoms with van der Waals surface area (Å²) in [4.78, 5) is 39.6. The molecule has 3 aromatic carbocycles. The second kappa shape index (κ2) is 9.47. The van der Waals surface area contributed by atoms with E-state index in [2.05, 4.69) is 9.88 Å². The number of carbonyl (C=O) groups excluding carboxylic acids is 3. The molecule has 1 aromatic heterocycles. The first-order chi connectivity index (χ1) is 17.2. The van der Waals surface area contributed by atoms with Gasteiger partial charge in [0.25, 0.3) is 11.8 Å². The Hall–Kier alpha value is -3.58. The van der Waals surface area contributed by atoms with Crippen molar-refractivity contribution >= 4 is 75.3 Å². The first-order valence-electron chi connectivity index (χ1n) is 10.9. The van der Waals surface area contributed by atoms with Crippen molar-refractivity contribution in [2.24, 2.45) is 0 Å². The predicted molar refractivity (Wildman–Crippen MR) is 143 cm³/mol. The summed E-state index contributed by atoms with van der Waals surface area (Å²) in [6.45, 7) is 2.37. The van der Waals surface area contributed by atoms with Crippen LogP contribution >= 0.6 is 34.8 Å². The van der Waals surface area contributed by atoms with Gasteiger partial charge in [-0.25, -0.2) is 9.69 Å². The van der Waals surface area contributed by atoms with Crippen molar-refractivity contribution in [3.05, 3.63) is 104 Å². The quantitative estimate of drug-likeness (QED) is 0.234. The fourth-order valence-corrected chi connectivity index (χ4v) is 4.88. The monoisotopic (exact) mass is 537 g/mol. The first-order valence-corrected chi connectivity index (χ1v) is 12.1. The lowest BCUT2D eigenvalue weighted by atomic mass is 10.0. The highest BCUT2D eigenvalue weighted by Gasteiger charge is 2.37. The number of rotatable bonds is 4. The van der Waals surface area contributed by atoms with Crippen LogP contribution in [0.1, 0.15) is 16.8 Å². The zero-order valence-electron chi connectivity index (χ0n) is 18.9. The Kier molecular flexibility index (Phi) is 6.35. The topological polar surface area (TPSA) is 71.4 Å². The van der Waals surface area contributed by atoms with E-state index in [-0.39, 0.29) is 5.57 Å². The molecule has 2 heterocycles. The zero-order chi connectivity index (χ0) is 25.6. The molecular formula is C27H18Cl3N3O3. The number of aromatic nitrogens is 1. The van der Waals surface area contributed by atoms with Gasteiger partial charge < -0.3 is 4.57 Å². The van der Waals surface area contributed by atoms with Crippen molar-refractivity contribution < 1.29 is 14.4 Å². The molecule has 0 bridgehead atoms. The van der Waals surface area contributed by atoms with Crippen molar-refractivity contribution in [2.75, 3.05) is 4.90 Å². The average Bonchev–Trinajstić information content (AvgIpc) is 3.10. The van der Waals surface area contributed by atoms with Crippen LogP contribution in [0.4, 0.5) is 10.5 Å². The number of nitrogens with zero attached hydrogens (tertiary/aromatic N) is 2. The Morgan fingerprint density at radius 3 is 2.31 bits per heavy atom. The predicted octanol–water partition coefficient (Wildman–Crippen LogP) is 6.62. The van der Waals surface area contributed by atoms with Gasteiger partial charge in [-0.05, 0) is 61.0 Å². The van der Waals surface area contributed by atoms with Crippen LogP contribution in [0.2, 0.25) is 15.1 Å². The normalized spacial score (nSPS) is 15.2. The number of carbonyl (C=O) groups is 3. The minimum atomic E-state index is -0.819. The molecule has 0 aliphatic carbocycles. The number of fused-ring (bicyclic) bond motifs is 1. The SMILES string of the molecule is Cc1c(C=C2C(=O)NC(=O)N(c3ccc(Cl)cc3)C2=O)c2ccccc2n1Cc1ccc(Cl)cc1Cl. The second-order valence-electron chi connectivity index (χ2n) is 8.27. The Morgan fingerprint density at radius 1 is 0.889 bits per heavy atom. The van der Waals surface area contributed by atoms with E-state index in [1.807, 2.05) is 37.3 Å². The van der Waals surface area contributed by atoms with Crippen LogP contribution in [0.5, 0.6) is 0 Å². The number of para-hydroxylation sites is 1. The minimum absolute atomic E-state index is 0.153. The van der Waals surface area contributed by atoms with E-state index in [0.29, 0.717) is 32.9 Å². The van der Waals surface area contributed by atoms with Gasteiger partial charge in [-0.3, -0.25) is 14.9 Å². The molecule has 4 amide bonds. The van der Waals surface area contributed by atoms with Crippen LogP contribution in [0, 0.1) is 6.92 Å². The summed E-state index contributed by atoms with van der Waals surface area (Å²) in [6.07, 6.45) is 1.53. The number of hydrogen-bond donors (Lipinski definition) is 1. The lowest BCUT2D eigenvalue weighted by molar-refractivity contribution is -0.122. The zero-order valence-corrected chi connectivity index (χ0v) is 21.2. The third kappa shape index (κ3) is 4.28. The first kappa shape index (κ1) is 24.1. The molecule has 1 fully saturated rings. The standard InChI is InChI=1S/C27H18Cl3N3O3/c1-15-21(13-22-25(34)31-27(36)33(26(22)35)19-10-8-17(28)9-11-19)20-4-2-3-5-24(20)32(15)14-16-6-7-18(29)12-23(16)30/h2-13H,14H2,1H3,(H,31,34,36). The Morgan fingerprint density at radius 2 is 1.58 bits per heavy atom. The van der Waals surface area contributed by atoms with Gasteiger partial charge in [0.2, 0.25) is 0 Å². The molecule has 180 valence electrons. The van der Waals surface area contributed by atoms with Gasteiger partial charge in [0.1, 0.15) is 5.57 Å². The van der Waals surface area contributed by atoms with Crippen molar-refractivity contribution in [1.29, 1.82) is 0 Å². The molecule has 6 nitrogen and oxygen atoms in total. The summed E-state index contributed by atoms with van der Waals surface area (Å²) in [5.74, 6) is -1.48. The van der Waals surface area contributed by atoms with Crippen molar-refractivity contribution in [3.63, 3.8) is 0 Å². The lowest BCUT2D eigenvalue weighted by Crippen LogP contribution is -2.54. The van der Waals surface area contributed by atoms with E-state index in [4.69, 9.17) is 34.8 Å². The van der Waals surface area contributed by atoms with E-state index >= 15 is 0 Å². The molecule has 0 radical (unpaired) electrons. The highest BCUT2D eigenvalue weighted by Crippen LogP contribution is 2.32. The fraction of sp³-hybridized carbons (Fsp3) is 0.0741. The van der Waals surface area contributed by atoms with Gasteiger partial charge in [-0.1, -0.05) is 59.1 Å². The maximum atomic E-state index is 13.4. The van der Waals surface area contributed by atoms with Crippen molar-refractivity contribution in [1.82, 2.24) is 9.88 Å². The summed E-state index contributed by atoms with van der Waals surface area (Å²) in [7, 11) is 0. The molecule has 1 N–H and O–H groups in total. The van der Waals surface area contributed by atoms with E-state index in [9.17, 15) is 14.4 Å². The molecule has 4 aromatic rings. The van der Waals surface area contributed by atoms with E-state index in [1.165, 1.54) is 6.08 Å². The van der Waals surface area contributed by atoms with Crippen LogP contribution in [0.3, 0.4) is 0 Å². The van der Waals surface area contributed by atoms with Crippen LogP contribution < -0.4 is 10.2 Å². The number of halogens is 3. The molecule has 1 aliphatic rings. The highest BCUT2D eigenvalue weighted by atomic mass is 35.5. The van der Waals surface area contributed by atoms with Crippen LogP contribution in [0.25, 0.3) is 17.0 Å². The Labute approximate surface area is 221 Å². The molecule has 36 heavy (non-hydrogen) atoms. The molecular weight excluding hydrogens is 521 g/mol. The number of benzene rings is 3. The fourth-order valence-electron chi connectivity index (χ4n) is 4.29. The Bertz CT molecular complexity index is 1590. The smallest absolute Gasteiger partial charge is 0.335 e. The van der Waals surface area contributed by atoms with Gasteiger partial charge in [0, 0.05) is 43.8 Å². The van der Waals surface area contributed by atoms with Gasteiger partial charge in [-0.15, -0.1) is 0 Å². The summed E-state index contributed by atoms with van der Waals surface area (Å²) in [5, 5.41) is 4.65. The van der Waals surface area contributed by atoms with Gasteiger partial charge >= 0.3 is 6.03 Å². The van der Waals surface area contributed by atoms with Gasteiger partial charge in [-0.2, -0.15) is 0 Å². The van der Waals surface area contributed by atoms with Crippen LogP contribution in [-0.2, 0) is 16.1 Å². The molecule has 9 heteroatoms. The maximum absolute atomic E-state index is 13.4. The third-order valence-corrected chi connectivity index (χ3v) is 6.94. The lowest BCUT2D eigenvalue weighted by Gasteiger charge is -2.26. The summed E-state index contributed by atoms with van der Waals surface area (Å²) >= 11 is 18.4. The molecule has 0 spiro atoms. The number of nitrogens with one attached hydrogen (secondary N) is 1. The number of barbiturate groups is 1. The highest BCUT2D eigenvalue weighted by molar-refractivity contribution is 6.39. The average molecular weight is 539 g/mol. The summed E-state index contributed by atoms with van der Waals surface area (Å²) in [5.41, 5.74) is 3.44. The largest absolute Gasteiger partial charge is 0.340 e. The number of urea groups is 1.